The maximum absolute atomic E-state index is 14.2. The van der Waals surface area contributed by atoms with E-state index >= 15 is 0 Å². The summed E-state index contributed by atoms with van der Waals surface area (Å²) in [5.41, 5.74) is 1.50. The van der Waals surface area contributed by atoms with Crippen LogP contribution in [0.4, 0.5) is 24.7 Å². The topological polar surface area (TPSA) is 96.3 Å². The Morgan fingerprint density at radius 1 is 1.00 bits per heavy atom. The summed E-state index contributed by atoms with van der Waals surface area (Å²) in [6, 6.07) is 18.6. The summed E-state index contributed by atoms with van der Waals surface area (Å²) in [5.74, 6) is -2.36. The molecule has 228 valence electrons. The van der Waals surface area contributed by atoms with Gasteiger partial charge in [-0.3, -0.25) is 19.3 Å². The van der Waals surface area contributed by atoms with E-state index in [1.165, 1.54) is 11.0 Å². The third-order valence-electron chi connectivity index (χ3n) is 7.28. The molecule has 3 amide bonds. The zero-order valence-electron chi connectivity index (χ0n) is 23.4. The molecule has 3 aromatic carbocycles. The van der Waals surface area contributed by atoms with Crippen LogP contribution in [0, 0.1) is 6.92 Å². The van der Waals surface area contributed by atoms with E-state index in [0.29, 0.717) is 34.0 Å². The summed E-state index contributed by atoms with van der Waals surface area (Å²) in [7, 11) is 0. The predicted octanol–water partition coefficient (Wildman–Crippen LogP) is 6.24. The lowest BCUT2D eigenvalue weighted by molar-refractivity contribution is -0.137. The number of nitrogens with zero attached hydrogens (tertiary/aromatic N) is 3. The van der Waals surface area contributed by atoms with Crippen molar-refractivity contribution < 1.29 is 27.6 Å². The molecule has 0 saturated heterocycles. The van der Waals surface area contributed by atoms with Crippen molar-refractivity contribution in [3.05, 3.63) is 107 Å². The van der Waals surface area contributed by atoms with Gasteiger partial charge in [0.2, 0.25) is 0 Å². The van der Waals surface area contributed by atoms with Gasteiger partial charge < -0.3 is 10.6 Å². The Morgan fingerprint density at radius 3 is 2.36 bits per heavy atom. The van der Waals surface area contributed by atoms with Crippen LogP contribution in [-0.2, 0) is 15.8 Å². The molecule has 2 atom stereocenters. The Hall–Kier alpha value is -4.35. The third kappa shape index (κ3) is 6.02. The van der Waals surface area contributed by atoms with Crippen molar-refractivity contribution in [2.24, 2.45) is 0 Å². The molecule has 2 N–H and O–H groups in total. The Balaban J connectivity index is 1.66. The van der Waals surface area contributed by atoms with Gasteiger partial charge in [-0.2, -0.15) is 18.3 Å². The van der Waals surface area contributed by atoms with Gasteiger partial charge in [-0.15, -0.1) is 0 Å². The molecule has 0 radical (unpaired) electrons. The minimum absolute atomic E-state index is 0.218. The number of amides is 3. The minimum atomic E-state index is -4.66. The molecule has 44 heavy (non-hydrogen) atoms. The van der Waals surface area contributed by atoms with Crippen molar-refractivity contribution >= 4 is 52.4 Å². The van der Waals surface area contributed by atoms with Gasteiger partial charge >= 0.3 is 6.18 Å². The highest BCUT2D eigenvalue weighted by atomic mass is 35.5. The highest BCUT2D eigenvalue weighted by Crippen LogP contribution is 2.44. The van der Waals surface area contributed by atoms with Gasteiger partial charge in [-0.1, -0.05) is 59.6 Å². The second-order valence-corrected chi connectivity index (χ2v) is 11.2. The van der Waals surface area contributed by atoms with E-state index in [-0.39, 0.29) is 12.1 Å². The number of carbonyl (C=O) groups is 3. The van der Waals surface area contributed by atoms with Crippen LogP contribution in [0.25, 0.3) is 5.69 Å². The highest BCUT2D eigenvalue weighted by molar-refractivity contribution is 6.54. The van der Waals surface area contributed by atoms with Crippen LogP contribution in [0.15, 0.2) is 78.9 Å². The number of likely N-dealkylation sites (N-methyl/N-ethyl adjacent to an activating group) is 1. The number of anilines is 2. The molecule has 0 fully saturated rings. The number of carbonyl (C=O) groups excluding carboxylic acids is 3. The van der Waals surface area contributed by atoms with Gasteiger partial charge in [0.25, 0.3) is 17.7 Å². The van der Waals surface area contributed by atoms with Gasteiger partial charge in [0.15, 0.2) is 4.84 Å². The predicted molar refractivity (Wildman–Crippen MR) is 161 cm³/mol. The first kappa shape index (κ1) is 31.1. The monoisotopic (exact) mass is 643 g/mol. The van der Waals surface area contributed by atoms with Crippen molar-refractivity contribution in [3.8, 4) is 5.69 Å². The van der Waals surface area contributed by atoms with Gasteiger partial charge in [-0.25, -0.2) is 4.68 Å². The number of hydrogen-bond donors (Lipinski definition) is 2. The van der Waals surface area contributed by atoms with Crippen LogP contribution in [0.2, 0.25) is 0 Å². The molecular weight excluding hydrogens is 618 g/mol. The van der Waals surface area contributed by atoms with Crippen molar-refractivity contribution in [2.45, 2.75) is 36.8 Å². The number of nitrogens with one attached hydrogen (secondary N) is 2. The van der Waals surface area contributed by atoms with Crippen LogP contribution < -0.4 is 15.5 Å². The number of hydrogen-bond acceptors (Lipinski definition) is 4. The van der Waals surface area contributed by atoms with E-state index in [2.05, 4.69) is 10.6 Å². The maximum Gasteiger partial charge on any atom is 0.416 e. The molecule has 1 aliphatic heterocycles. The SMILES string of the molecule is CCN1C(=O)[C@@H](NC(=O)c2cccc(C(F)(F)F)c2)[C@@H](c2cccc(NC(=O)C(Cl)Cl)c2)c2c(C)nn(-c3ccccc3)c21. The number of fused-ring (bicyclic) bond motifs is 1. The van der Waals surface area contributed by atoms with Crippen molar-refractivity contribution in [1.29, 1.82) is 0 Å². The largest absolute Gasteiger partial charge is 0.416 e. The van der Waals surface area contributed by atoms with Gasteiger partial charge in [0.1, 0.15) is 11.9 Å². The quantitative estimate of drug-likeness (QED) is 0.233. The van der Waals surface area contributed by atoms with Gasteiger partial charge in [0, 0.05) is 29.3 Å². The fourth-order valence-electron chi connectivity index (χ4n) is 5.36. The van der Waals surface area contributed by atoms with Crippen LogP contribution in [0.5, 0.6) is 0 Å². The summed E-state index contributed by atoms with van der Waals surface area (Å²) in [5, 5.41) is 10.1. The van der Waals surface area contributed by atoms with Gasteiger partial charge in [-0.05, 0) is 61.9 Å². The summed E-state index contributed by atoms with van der Waals surface area (Å²) < 4.78 is 41.9. The lowest BCUT2D eigenvalue weighted by Gasteiger charge is -2.38. The molecule has 8 nitrogen and oxygen atoms in total. The summed E-state index contributed by atoms with van der Waals surface area (Å²) >= 11 is 11.4. The Kier molecular flexibility index (Phi) is 8.71. The smallest absolute Gasteiger partial charge is 0.339 e. The van der Waals surface area contributed by atoms with Crippen molar-refractivity contribution in [1.82, 2.24) is 15.1 Å². The second kappa shape index (κ2) is 12.3. The number of halogens is 5. The van der Waals surface area contributed by atoms with E-state index in [9.17, 15) is 27.6 Å². The lowest BCUT2D eigenvalue weighted by atomic mass is 9.81. The average molecular weight is 644 g/mol. The minimum Gasteiger partial charge on any atom is -0.339 e. The van der Waals surface area contributed by atoms with Crippen molar-refractivity contribution in [3.63, 3.8) is 0 Å². The van der Waals surface area contributed by atoms with E-state index in [1.807, 2.05) is 30.3 Å². The van der Waals surface area contributed by atoms with Gasteiger partial charge in [0.05, 0.1) is 16.9 Å². The molecule has 0 bridgehead atoms. The van der Waals surface area contributed by atoms with Crippen molar-refractivity contribution in [2.75, 3.05) is 16.8 Å². The first-order valence-corrected chi connectivity index (χ1v) is 14.4. The fraction of sp³-hybridized carbons (Fsp3) is 0.226. The maximum atomic E-state index is 14.2. The molecule has 0 saturated carbocycles. The number of alkyl halides is 5. The van der Waals surface area contributed by atoms with E-state index in [4.69, 9.17) is 28.3 Å². The van der Waals surface area contributed by atoms with E-state index < -0.39 is 46.3 Å². The zero-order chi connectivity index (χ0) is 31.8. The van der Waals surface area contributed by atoms with E-state index in [0.717, 1.165) is 18.2 Å². The Labute approximate surface area is 260 Å². The number of para-hydroxylation sites is 1. The molecule has 0 spiro atoms. The molecule has 13 heteroatoms. The summed E-state index contributed by atoms with van der Waals surface area (Å²) in [6.07, 6.45) is -4.66. The number of aromatic nitrogens is 2. The molecule has 2 heterocycles. The third-order valence-corrected chi connectivity index (χ3v) is 7.68. The fourth-order valence-corrected chi connectivity index (χ4v) is 5.47. The molecule has 5 rings (SSSR count). The van der Waals surface area contributed by atoms with Crippen LogP contribution in [0.1, 0.15) is 45.6 Å². The molecule has 0 aliphatic carbocycles. The number of aryl methyl sites for hydroxylation is 1. The first-order chi connectivity index (χ1) is 20.9. The van der Waals surface area contributed by atoms with Crippen LogP contribution in [-0.4, -0.2) is 44.9 Å². The normalized spacial score (nSPS) is 16.5. The summed E-state index contributed by atoms with van der Waals surface area (Å²) in [6.45, 7) is 3.77. The standard InChI is InChI=1S/C31H26Cl2F3N5O3/c1-3-40-29-23(17(2)39-41(29)22-13-5-4-6-14-22)24(18-9-8-12-21(16-18)37-28(43)26(32)33)25(30(40)44)38-27(42)19-10-7-11-20(15-19)31(34,35)36/h4-16,24-26H,3H2,1-2H3,(H,37,43)(H,38,42)/t24-,25-/m0/s1. The molecule has 1 aromatic heterocycles. The highest BCUT2D eigenvalue weighted by Gasteiger charge is 2.45. The Bertz CT molecular complexity index is 1730. The van der Waals surface area contributed by atoms with Crippen LogP contribution in [0.3, 0.4) is 0 Å². The number of rotatable bonds is 7. The van der Waals surface area contributed by atoms with Crippen LogP contribution >= 0.6 is 23.2 Å². The molecule has 4 aromatic rings. The molecular formula is C31H26Cl2F3N5O3. The Morgan fingerprint density at radius 2 is 1.70 bits per heavy atom. The lowest BCUT2D eigenvalue weighted by Crippen LogP contribution is -2.55. The first-order valence-electron chi connectivity index (χ1n) is 13.5. The summed E-state index contributed by atoms with van der Waals surface area (Å²) in [4.78, 5) is 40.1. The average Bonchev–Trinajstić information content (AvgIpc) is 3.34. The second-order valence-electron chi connectivity index (χ2n) is 10.1. The molecule has 0 unspecified atom stereocenters. The zero-order valence-corrected chi connectivity index (χ0v) is 24.9. The van der Waals surface area contributed by atoms with E-state index in [1.54, 1.807) is 42.8 Å². The molecule has 1 aliphatic rings. The number of benzene rings is 3.